The number of hydrogen-bond donors (Lipinski definition) is 1. The topological polar surface area (TPSA) is 69.2 Å². The zero-order valence-corrected chi connectivity index (χ0v) is 17.3. The molecule has 136 valence electrons. The van der Waals surface area contributed by atoms with Crippen LogP contribution in [0.5, 0.6) is 17.2 Å². The molecule has 0 saturated carbocycles. The lowest BCUT2D eigenvalue weighted by Crippen LogP contribution is -2.24. The van der Waals surface area contributed by atoms with Crippen LogP contribution < -0.4 is 19.6 Å². The van der Waals surface area contributed by atoms with Crippen molar-refractivity contribution < 1.29 is 19.0 Å². The van der Waals surface area contributed by atoms with Gasteiger partial charge in [-0.1, -0.05) is 6.07 Å². The number of hydrazone groups is 1. The van der Waals surface area contributed by atoms with Crippen molar-refractivity contribution in [3.8, 4) is 17.2 Å². The van der Waals surface area contributed by atoms with Crippen LogP contribution in [0, 0.1) is 13.8 Å². The molecule has 0 aliphatic carbocycles. The lowest BCUT2D eigenvalue weighted by Gasteiger charge is -2.11. The Morgan fingerprint density at radius 2 is 1.92 bits per heavy atom. The zero-order valence-electron chi connectivity index (χ0n) is 14.1. The molecule has 2 aromatic rings. The highest BCUT2D eigenvalue weighted by Gasteiger charge is 2.15. The zero-order chi connectivity index (χ0) is 18.7. The molecule has 1 heterocycles. The van der Waals surface area contributed by atoms with E-state index in [4.69, 9.17) is 14.2 Å². The molecule has 0 radical (unpaired) electrons. The van der Waals surface area contributed by atoms with Gasteiger partial charge in [0.05, 0.1) is 10.7 Å². The van der Waals surface area contributed by atoms with E-state index in [1.165, 1.54) is 6.21 Å². The average molecular weight is 484 g/mol. The van der Waals surface area contributed by atoms with E-state index in [1.54, 1.807) is 12.1 Å². The van der Waals surface area contributed by atoms with Gasteiger partial charge in [-0.25, -0.2) is 5.43 Å². The minimum Gasteiger partial charge on any atom is -0.482 e. The van der Waals surface area contributed by atoms with Crippen LogP contribution >= 0.6 is 31.9 Å². The van der Waals surface area contributed by atoms with E-state index in [1.807, 2.05) is 26.0 Å². The van der Waals surface area contributed by atoms with E-state index in [-0.39, 0.29) is 19.3 Å². The summed E-state index contributed by atoms with van der Waals surface area (Å²) < 4.78 is 17.8. The fourth-order valence-electron chi connectivity index (χ4n) is 2.46. The van der Waals surface area contributed by atoms with Crippen molar-refractivity contribution in [2.45, 2.75) is 13.8 Å². The van der Waals surface area contributed by atoms with Crippen LogP contribution in [0.3, 0.4) is 0 Å². The number of carbonyl (C=O) groups excluding carboxylic acids is 1. The molecule has 26 heavy (non-hydrogen) atoms. The SMILES string of the molecule is Cc1cc(C)c(OCC(=O)N/N=C\c2cc3c(cc2Br)OCO3)c(Br)c1. The van der Waals surface area contributed by atoms with Crippen LogP contribution in [0.25, 0.3) is 0 Å². The number of nitrogens with zero attached hydrogens (tertiary/aromatic N) is 1. The molecule has 1 N–H and O–H groups in total. The molecule has 0 bridgehead atoms. The number of ether oxygens (including phenoxy) is 3. The predicted molar refractivity (Wildman–Crippen MR) is 105 cm³/mol. The molecule has 0 atom stereocenters. The number of nitrogens with one attached hydrogen (secondary N) is 1. The Kier molecular flexibility index (Phi) is 5.83. The van der Waals surface area contributed by atoms with Gasteiger partial charge in [-0.2, -0.15) is 5.10 Å². The Bertz CT molecular complexity index is 861. The molecule has 1 aliphatic rings. The van der Waals surface area contributed by atoms with Crippen molar-refractivity contribution in [2.75, 3.05) is 13.4 Å². The normalized spacial score (nSPS) is 12.5. The van der Waals surface area contributed by atoms with Crippen molar-refractivity contribution in [1.82, 2.24) is 5.43 Å². The van der Waals surface area contributed by atoms with Gasteiger partial charge in [0.15, 0.2) is 18.1 Å². The van der Waals surface area contributed by atoms with Crippen molar-refractivity contribution in [1.29, 1.82) is 0 Å². The van der Waals surface area contributed by atoms with Crippen LogP contribution in [0.4, 0.5) is 0 Å². The summed E-state index contributed by atoms with van der Waals surface area (Å²) in [6.45, 7) is 3.99. The molecule has 0 aromatic heterocycles. The fraction of sp³-hybridized carbons (Fsp3) is 0.222. The first-order valence-electron chi connectivity index (χ1n) is 7.74. The van der Waals surface area contributed by atoms with Crippen LogP contribution in [-0.4, -0.2) is 25.5 Å². The van der Waals surface area contributed by atoms with E-state index < -0.39 is 0 Å². The number of amides is 1. The number of fused-ring (bicyclic) bond motifs is 1. The summed E-state index contributed by atoms with van der Waals surface area (Å²) >= 11 is 6.88. The largest absolute Gasteiger partial charge is 0.482 e. The predicted octanol–water partition coefficient (Wildman–Crippen LogP) is 4.09. The first-order chi connectivity index (χ1) is 12.4. The van der Waals surface area contributed by atoms with Gasteiger partial charge in [-0.3, -0.25) is 4.79 Å². The van der Waals surface area contributed by atoms with Crippen LogP contribution in [0.15, 0.2) is 38.3 Å². The first-order valence-corrected chi connectivity index (χ1v) is 9.33. The van der Waals surface area contributed by atoms with E-state index in [0.717, 1.165) is 25.6 Å². The van der Waals surface area contributed by atoms with Gasteiger partial charge in [0, 0.05) is 10.0 Å². The van der Waals surface area contributed by atoms with Crippen LogP contribution in [-0.2, 0) is 4.79 Å². The molecule has 8 heteroatoms. The molecular formula is C18H16Br2N2O4. The average Bonchev–Trinajstić information content (AvgIpc) is 3.01. The van der Waals surface area contributed by atoms with Gasteiger partial charge in [0.1, 0.15) is 5.75 Å². The third kappa shape index (κ3) is 4.37. The lowest BCUT2D eigenvalue weighted by atomic mass is 10.1. The summed E-state index contributed by atoms with van der Waals surface area (Å²) in [6, 6.07) is 7.51. The standard InChI is InChI=1S/C18H16Br2N2O4/c1-10-3-11(2)18(14(20)4-10)24-8-17(23)22-21-7-12-5-15-16(6-13(12)19)26-9-25-15/h3-7H,8-9H2,1-2H3,(H,22,23)/b21-7-. The van der Waals surface area contributed by atoms with E-state index in [9.17, 15) is 4.79 Å². The Morgan fingerprint density at radius 3 is 2.65 bits per heavy atom. The van der Waals surface area contributed by atoms with Crippen LogP contribution in [0.2, 0.25) is 0 Å². The highest BCUT2D eigenvalue weighted by Crippen LogP contribution is 2.36. The molecule has 1 aliphatic heterocycles. The minimum absolute atomic E-state index is 0.137. The Balaban J connectivity index is 1.57. The number of carbonyl (C=O) groups is 1. The number of benzene rings is 2. The third-order valence-corrected chi connectivity index (χ3v) is 4.88. The summed E-state index contributed by atoms with van der Waals surface area (Å²) in [4.78, 5) is 11.9. The molecule has 6 nitrogen and oxygen atoms in total. The molecule has 0 unspecified atom stereocenters. The maximum atomic E-state index is 11.9. The van der Waals surface area contributed by atoms with Gasteiger partial charge in [0.25, 0.3) is 5.91 Å². The Hall–Kier alpha value is -2.06. The minimum atomic E-state index is -0.356. The molecule has 1 amide bonds. The van der Waals surface area contributed by atoms with Gasteiger partial charge in [-0.05, 0) is 75.0 Å². The second kappa shape index (κ2) is 8.09. The number of rotatable bonds is 5. The molecular weight excluding hydrogens is 468 g/mol. The Morgan fingerprint density at radius 1 is 1.19 bits per heavy atom. The first kappa shape index (κ1) is 18.7. The summed E-state index contributed by atoms with van der Waals surface area (Å²) in [6.07, 6.45) is 1.52. The highest BCUT2D eigenvalue weighted by atomic mass is 79.9. The van der Waals surface area contributed by atoms with Crippen molar-refractivity contribution >= 4 is 44.0 Å². The van der Waals surface area contributed by atoms with Gasteiger partial charge in [-0.15, -0.1) is 0 Å². The molecule has 0 saturated heterocycles. The summed E-state index contributed by atoms with van der Waals surface area (Å²) in [5.41, 5.74) is 5.27. The quantitative estimate of drug-likeness (QED) is 0.513. The fourth-order valence-corrected chi connectivity index (χ4v) is 3.67. The number of aryl methyl sites for hydroxylation is 2. The molecule has 0 spiro atoms. The highest BCUT2D eigenvalue weighted by molar-refractivity contribution is 9.10. The number of hydrogen-bond acceptors (Lipinski definition) is 5. The lowest BCUT2D eigenvalue weighted by molar-refractivity contribution is -0.123. The maximum absolute atomic E-state index is 11.9. The van der Waals surface area contributed by atoms with Gasteiger partial charge in [0.2, 0.25) is 6.79 Å². The maximum Gasteiger partial charge on any atom is 0.277 e. The van der Waals surface area contributed by atoms with E-state index in [2.05, 4.69) is 42.4 Å². The smallest absolute Gasteiger partial charge is 0.277 e. The second-order valence-corrected chi connectivity index (χ2v) is 7.41. The summed E-state index contributed by atoms with van der Waals surface area (Å²) in [5, 5.41) is 3.96. The van der Waals surface area contributed by atoms with Crippen molar-refractivity contribution in [2.24, 2.45) is 5.10 Å². The summed E-state index contributed by atoms with van der Waals surface area (Å²) in [5.74, 6) is 1.60. The van der Waals surface area contributed by atoms with Crippen LogP contribution in [0.1, 0.15) is 16.7 Å². The molecule has 2 aromatic carbocycles. The van der Waals surface area contributed by atoms with E-state index in [0.29, 0.717) is 17.2 Å². The monoisotopic (exact) mass is 482 g/mol. The van der Waals surface area contributed by atoms with Crippen molar-refractivity contribution in [3.63, 3.8) is 0 Å². The van der Waals surface area contributed by atoms with Gasteiger partial charge >= 0.3 is 0 Å². The number of halogens is 2. The van der Waals surface area contributed by atoms with Crippen molar-refractivity contribution in [3.05, 3.63) is 49.9 Å². The second-order valence-electron chi connectivity index (χ2n) is 5.70. The van der Waals surface area contributed by atoms with Gasteiger partial charge < -0.3 is 14.2 Å². The Labute approximate surface area is 167 Å². The van der Waals surface area contributed by atoms with E-state index >= 15 is 0 Å². The molecule has 3 rings (SSSR count). The third-order valence-electron chi connectivity index (χ3n) is 3.61. The summed E-state index contributed by atoms with van der Waals surface area (Å²) in [7, 11) is 0. The molecule has 0 fully saturated rings.